The average Bonchev–Trinajstić information content (AvgIpc) is 2.55. The van der Waals surface area contributed by atoms with Gasteiger partial charge in [0.05, 0.1) is 11.4 Å². The summed E-state index contributed by atoms with van der Waals surface area (Å²) >= 11 is 0. The van der Waals surface area contributed by atoms with Crippen LogP contribution < -0.4 is 17.0 Å². The van der Waals surface area contributed by atoms with Crippen LogP contribution in [0.25, 0.3) is 16.7 Å². The van der Waals surface area contributed by atoms with Crippen molar-refractivity contribution in [3.63, 3.8) is 0 Å². The van der Waals surface area contributed by atoms with Crippen LogP contribution in [0.15, 0.2) is 48.5 Å². The van der Waals surface area contributed by atoms with Gasteiger partial charge in [0, 0.05) is 26.6 Å². The van der Waals surface area contributed by atoms with E-state index in [0.717, 1.165) is 28.1 Å². The number of benzene rings is 2. The van der Waals surface area contributed by atoms with Crippen LogP contribution in [-0.4, -0.2) is 0 Å². The topological polar surface area (TPSA) is 78.2 Å². The number of hydrogen-bond donors (Lipinski definition) is 3. The summed E-state index contributed by atoms with van der Waals surface area (Å²) < 4.78 is 0. The number of nitrogens with one attached hydrogen (secondary N) is 1. The summed E-state index contributed by atoms with van der Waals surface area (Å²) in [7, 11) is 0. The largest absolute Gasteiger partial charge is 0.680 e. The minimum Gasteiger partial charge on any atom is -0.680 e. The molecule has 2 aromatic carbocycles. The molecule has 3 rings (SSSR count). The maximum Gasteiger partial charge on any atom is 0.0797 e. The summed E-state index contributed by atoms with van der Waals surface area (Å²) in [5.41, 5.74) is 14.3. The maximum absolute atomic E-state index is 6.26. The number of para-hydroxylation sites is 1. The molecule has 0 bridgehead atoms. The molecule has 1 aliphatic heterocycles. The molecule has 0 unspecified atom stereocenters. The fraction of sp³-hybridized carbons (Fsp3) is 0.176. The van der Waals surface area contributed by atoms with Crippen LogP contribution in [0.1, 0.15) is 30.5 Å². The van der Waals surface area contributed by atoms with E-state index in [1.54, 1.807) is 0 Å². The molecule has 0 spiro atoms. The predicted molar refractivity (Wildman–Crippen MR) is 89.3 cm³/mol. The number of rotatable bonds is 1. The van der Waals surface area contributed by atoms with Gasteiger partial charge in [-0.3, -0.25) is 5.84 Å². The van der Waals surface area contributed by atoms with Crippen molar-refractivity contribution >= 4 is 17.1 Å². The number of hydrogen-bond acceptors (Lipinski definition) is 3. The molecule has 22 heavy (non-hydrogen) atoms. The Kier molecular flexibility index (Phi) is 7.16. The van der Waals surface area contributed by atoms with E-state index in [9.17, 15) is 0 Å². The van der Waals surface area contributed by atoms with Gasteiger partial charge in [0.1, 0.15) is 0 Å². The van der Waals surface area contributed by atoms with Gasteiger partial charge >= 0.3 is 0 Å². The number of hydrazine groups is 1. The molecule has 2 aromatic rings. The summed E-state index contributed by atoms with van der Waals surface area (Å²) in [5.74, 6) is 5.67. The first-order valence-electron chi connectivity index (χ1n) is 7.13. The normalized spacial score (nSPS) is 15.4. The number of fused-ring (bicyclic) bond motifs is 2. The Morgan fingerprint density at radius 3 is 2.23 bits per heavy atom. The standard InChI is InChI=1S/C15H15N4.C2H6.W/c16-14-12-7-3-4-8-13(12)18-9-10-5-1-2-6-11(10)15(14)19-17;1-2;/h1-8,19H,9,16-17H2;1-2H3;/q-1;;/b15-14-;;. The van der Waals surface area contributed by atoms with Gasteiger partial charge in [-0.25, -0.2) is 0 Å². The second-order valence-electron chi connectivity index (χ2n) is 4.42. The van der Waals surface area contributed by atoms with Gasteiger partial charge in [0.15, 0.2) is 0 Å². The van der Waals surface area contributed by atoms with Crippen LogP contribution in [0.5, 0.6) is 0 Å². The molecule has 0 fully saturated rings. The minimum absolute atomic E-state index is 0. The molecule has 0 amide bonds. The molecule has 5 N–H and O–H groups in total. The van der Waals surface area contributed by atoms with Gasteiger partial charge in [-0.15, -0.1) is 12.2 Å². The Bertz CT molecular complexity index is 653. The zero-order chi connectivity index (χ0) is 15.2. The Morgan fingerprint density at radius 2 is 1.55 bits per heavy atom. The van der Waals surface area contributed by atoms with Crippen LogP contribution in [0.3, 0.4) is 0 Å². The number of nitrogens with zero attached hydrogens (tertiary/aromatic N) is 1. The first-order chi connectivity index (χ1) is 10.3. The van der Waals surface area contributed by atoms with E-state index in [1.807, 2.05) is 62.4 Å². The SMILES string of the molecule is CC.NN/C1=C(\N)c2ccccc2[N-]Cc2ccccc21.[W]. The van der Waals surface area contributed by atoms with Crippen molar-refractivity contribution in [2.45, 2.75) is 20.4 Å². The van der Waals surface area contributed by atoms with Gasteiger partial charge in [0.25, 0.3) is 0 Å². The van der Waals surface area contributed by atoms with Crippen molar-refractivity contribution in [1.29, 1.82) is 0 Å². The third-order valence-corrected chi connectivity index (χ3v) is 3.31. The van der Waals surface area contributed by atoms with Crippen molar-refractivity contribution in [3.05, 3.63) is 70.5 Å². The molecule has 0 atom stereocenters. The molecule has 1 heterocycles. The van der Waals surface area contributed by atoms with Crippen LogP contribution in [-0.2, 0) is 27.6 Å². The Balaban J connectivity index is 0.000000775. The van der Waals surface area contributed by atoms with Crippen LogP contribution in [0.2, 0.25) is 0 Å². The van der Waals surface area contributed by atoms with Crippen molar-refractivity contribution in [3.8, 4) is 0 Å². The fourth-order valence-electron chi connectivity index (χ4n) is 2.35. The zero-order valence-electron chi connectivity index (χ0n) is 12.8. The molecule has 4 nitrogen and oxygen atoms in total. The van der Waals surface area contributed by atoms with E-state index in [1.165, 1.54) is 0 Å². The van der Waals surface area contributed by atoms with Crippen molar-refractivity contribution in [1.82, 2.24) is 5.43 Å². The molecule has 0 saturated carbocycles. The van der Waals surface area contributed by atoms with Crippen molar-refractivity contribution in [2.75, 3.05) is 0 Å². The quantitative estimate of drug-likeness (QED) is 0.446. The summed E-state index contributed by atoms with van der Waals surface area (Å²) in [5, 5.41) is 4.62. The second-order valence-corrected chi connectivity index (χ2v) is 4.42. The first-order valence-corrected chi connectivity index (χ1v) is 7.13. The zero-order valence-corrected chi connectivity index (χ0v) is 15.8. The predicted octanol–water partition coefficient (Wildman–Crippen LogP) is 3.48. The van der Waals surface area contributed by atoms with Crippen LogP contribution in [0.4, 0.5) is 5.69 Å². The molecule has 1 aliphatic rings. The van der Waals surface area contributed by atoms with Crippen LogP contribution >= 0.6 is 0 Å². The Labute approximate surface area is 146 Å². The summed E-state index contributed by atoms with van der Waals surface area (Å²) in [6.45, 7) is 4.62. The minimum atomic E-state index is 0. The third-order valence-electron chi connectivity index (χ3n) is 3.31. The van der Waals surface area contributed by atoms with Crippen LogP contribution in [0, 0.1) is 0 Å². The molecule has 0 aromatic heterocycles. The summed E-state index contributed by atoms with van der Waals surface area (Å²) in [6.07, 6.45) is 0. The molecular formula is C17H21N4W-. The molecule has 0 saturated heterocycles. The van der Waals surface area contributed by atoms with Crippen molar-refractivity contribution in [2.24, 2.45) is 11.6 Å². The molecule has 116 valence electrons. The van der Waals surface area contributed by atoms with Gasteiger partial charge in [-0.1, -0.05) is 67.9 Å². The monoisotopic (exact) mass is 465 g/mol. The van der Waals surface area contributed by atoms with Gasteiger partial charge in [-0.2, -0.15) is 0 Å². The fourth-order valence-corrected chi connectivity index (χ4v) is 2.35. The maximum atomic E-state index is 6.26. The molecular weight excluding hydrogens is 444 g/mol. The second kappa shape index (κ2) is 8.62. The first kappa shape index (κ1) is 18.3. The van der Waals surface area contributed by atoms with Gasteiger partial charge in [-0.05, 0) is 5.56 Å². The summed E-state index contributed by atoms with van der Waals surface area (Å²) in [6, 6.07) is 15.8. The smallest absolute Gasteiger partial charge is 0.0797 e. The third kappa shape index (κ3) is 3.52. The Hall–Kier alpha value is -1.77. The Morgan fingerprint density at radius 1 is 0.955 bits per heavy atom. The van der Waals surface area contributed by atoms with Crippen molar-refractivity contribution < 1.29 is 21.1 Å². The molecule has 0 aliphatic carbocycles. The average molecular weight is 465 g/mol. The van der Waals surface area contributed by atoms with E-state index in [2.05, 4.69) is 10.7 Å². The molecule has 0 radical (unpaired) electrons. The van der Waals surface area contributed by atoms with E-state index in [4.69, 9.17) is 11.6 Å². The van der Waals surface area contributed by atoms with E-state index < -0.39 is 0 Å². The van der Waals surface area contributed by atoms with E-state index >= 15 is 0 Å². The number of nitrogens with two attached hydrogens (primary N) is 2. The van der Waals surface area contributed by atoms with Gasteiger partial charge < -0.3 is 16.5 Å². The molecule has 5 heteroatoms. The van der Waals surface area contributed by atoms with E-state index in [-0.39, 0.29) is 21.1 Å². The van der Waals surface area contributed by atoms with Gasteiger partial charge in [0.2, 0.25) is 0 Å². The summed E-state index contributed by atoms with van der Waals surface area (Å²) in [4.78, 5) is 0. The van der Waals surface area contributed by atoms with E-state index in [0.29, 0.717) is 12.2 Å².